The zero-order valence-corrected chi connectivity index (χ0v) is 13.2. The Morgan fingerprint density at radius 1 is 1.08 bits per heavy atom. The molecule has 0 N–H and O–H groups in total. The van der Waals surface area contributed by atoms with Crippen LogP contribution in [0.2, 0.25) is 0 Å². The summed E-state index contributed by atoms with van der Waals surface area (Å²) in [7, 11) is 0. The minimum atomic E-state index is -0.343. The van der Waals surface area contributed by atoms with Crippen molar-refractivity contribution in [3.05, 3.63) is 77.3 Å². The SMILES string of the molecule is O=C(OCc1ncc(-c2ccccc2)o1)c1ccc2c(c1)CCC2. The molecule has 0 aliphatic heterocycles. The zero-order chi connectivity index (χ0) is 16.4. The van der Waals surface area contributed by atoms with Crippen LogP contribution in [0.1, 0.15) is 33.8 Å². The van der Waals surface area contributed by atoms with Crippen molar-refractivity contribution in [1.29, 1.82) is 0 Å². The van der Waals surface area contributed by atoms with Crippen molar-refractivity contribution in [1.82, 2.24) is 4.98 Å². The molecule has 0 atom stereocenters. The lowest BCUT2D eigenvalue weighted by Crippen LogP contribution is -2.06. The second-order valence-corrected chi connectivity index (χ2v) is 5.90. The maximum atomic E-state index is 12.2. The van der Waals surface area contributed by atoms with Crippen molar-refractivity contribution >= 4 is 5.97 Å². The number of ether oxygens (including phenoxy) is 1. The highest BCUT2D eigenvalue weighted by molar-refractivity contribution is 5.89. The highest BCUT2D eigenvalue weighted by atomic mass is 16.5. The Morgan fingerprint density at radius 2 is 1.92 bits per heavy atom. The van der Waals surface area contributed by atoms with Gasteiger partial charge in [0.05, 0.1) is 11.8 Å². The van der Waals surface area contributed by atoms with E-state index < -0.39 is 0 Å². The van der Waals surface area contributed by atoms with E-state index in [0.29, 0.717) is 17.2 Å². The van der Waals surface area contributed by atoms with Crippen LogP contribution in [0.5, 0.6) is 0 Å². The van der Waals surface area contributed by atoms with E-state index in [0.717, 1.165) is 24.8 Å². The van der Waals surface area contributed by atoms with E-state index in [9.17, 15) is 4.79 Å². The molecule has 1 aromatic heterocycles. The third kappa shape index (κ3) is 2.95. The van der Waals surface area contributed by atoms with Crippen LogP contribution in [0.25, 0.3) is 11.3 Å². The Balaban J connectivity index is 1.42. The molecule has 4 heteroatoms. The molecule has 0 fully saturated rings. The van der Waals surface area contributed by atoms with Gasteiger partial charge in [-0.15, -0.1) is 0 Å². The Hall–Kier alpha value is -2.88. The predicted molar refractivity (Wildman–Crippen MR) is 89.5 cm³/mol. The van der Waals surface area contributed by atoms with Gasteiger partial charge in [-0.1, -0.05) is 36.4 Å². The molecule has 4 nitrogen and oxygen atoms in total. The van der Waals surface area contributed by atoms with Gasteiger partial charge in [0.1, 0.15) is 0 Å². The van der Waals surface area contributed by atoms with Gasteiger partial charge in [0.25, 0.3) is 0 Å². The third-order valence-corrected chi connectivity index (χ3v) is 4.27. The van der Waals surface area contributed by atoms with Gasteiger partial charge in [0.15, 0.2) is 12.4 Å². The number of oxazole rings is 1. The number of aromatic nitrogens is 1. The Morgan fingerprint density at radius 3 is 2.79 bits per heavy atom. The fraction of sp³-hybridized carbons (Fsp3) is 0.200. The van der Waals surface area contributed by atoms with Gasteiger partial charge in [0.2, 0.25) is 5.89 Å². The summed E-state index contributed by atoms with van der Waals surface area (Å²) in [6.07, 6.45) is 4.94. The van der Waals surface area contributed by atoms with Gasteiger partial charge < -0.3 is 9.15 Å². The molecule has 0 saturated heterocycles. The number of fused-ring (bicyclic) bond motifs is 1. The number of aryl methyl sites for hydroxylation is 2. The van der Waals surface area contributed by atoms with E-state index in [-0.39, 0.29) is 12.6 Å². The quantitative estimate of drug-likeness (QED) is 0.677. The van der Waals surface area contributed by atoms with Crippen LogP contribution < -0.4 is 0 Å². The molecule has 120 valence electrons. The third-order valence-electron chi connectivity index (χ3n) is 4.27. The van der Waals surface area contributed by atoms with E-state index in [4.69, 9.17) is 9.15 Å². The summed E-state index contributed by atoms with van der Waals surface area (Å²) < 4.78 is 11.0. The number of carbonyl (C=O) groups excluding carboxylic acids is 1. The van der Waals surface area contributed by atoms with Crippen LogP contribution in [0, 0.1) is 0 Å². The highest BCUT2D eigenvalue weighted by Crippen LogP contribution is 2.24. The summed E-state index contributed by atoms with van der Waals surface area (Å²) in [5, 5.41) is 0. The Labute approximate surface area is 140 Å². The van der Waals surface area contributed by atoms with Gasteiger partial charge in [0, 0.05) is 5.56 Å². The van der Waals surface area contributed by atoms with E-state index in [1.807, 2.05) is 48.5 Å². The van der Waals surface area contributed by atoms with Crippen LogP contribution in [-0.2, 0) is 24.2 Å². The number of nitrogens with zero attached hydrogens (tertiary/aromatic N) is 1. The number of rotatable bonds is 4. The number of hydrogen-bond donors (Lipinski definition) is 0. The lowest BCUT2D eigenvalue weighted by Gasteiger charge is -2.05. The first-order chi connectivity index (χ1) is 11.8. The molecule has 24 heavy (non-hydrogen) atoms. The molecule has 0 bridgehead atoms. The van der Waals surface area contributed by atoms with Gasteiger partial charge in [-0.05, 0) is 42.5 Å². The summed E-state index contributed by atoms with van der Waals surface area (Å²) >= 11 is 0. The summed E-state index contributed by atoms with van der Waals surface area (Å²) in [6, 6.07) is 15.5. The second-order valence-electron chi connectivity index (χ2n) is 5.90. The molecule has 4 rings (SSSR count). The normalized spacial score (nSPS) is 12.8. The van der Waals surface area contributed by atoms with Crippen LogP contribution in [0.3, 0.4) is 0 Å². The van der Waals surface area contributed by atoms with Crippen LogP contribution in [-0.4, -0.2) is 11.0 Å². The predicted octanol–water partition coefficient (Wildman–Crippen LogP) is 4.19. The monoisotopic (exact) mass is 319 g/mol. The summed E-state index contributed by atoms with van der Waals surface area (Å²) in [6.45, 7) is 0.0305. The molecular weight excluding hydrogens is 302 g/mol. The van der Waals surface area contributed by atoms with Gasteiger partial charge >= 0.3 is 5.97 Å². The van der Waals surface area contributed by atoms with E-state index >= 15 is 0 Å². The van der Waals surface area contributed by atoms with Crippen molar-refractivity contribution in [2.75, 3.05) is 0 Å². The fourth-order valence-corrected chi connectivity index (χ4v) is 3.02. The molecule has 0 spiro atoms. The first-order valence-corrected chi connectivity index (χ1v) is 8.09. The Kier molecular flexibility index (Phi) is 3.87. The number of carbonyl (C=O) groups is 1. The van der Waals surface area contributed by atoms with E-state index in [1.54, 1.807) is 6.20 Å². The number of esters is 1. The first kappa shape index (κ1) is 14.7. The maximum Gasteiger partial charge on any atom is 0.338 e. The summed E-state index contributed by atoms with van der Waals surface area (Å²) in [5.41, 5.74) is 4.13. The molecule has 0 amide bonds. The van der Waals surface area contributed by atoms with Crippen LogP contribution >= 0.6 is 0 Å². The molecule has 1 aliphatic rings. The van der Waals surface area contributed by atoms with Crippen LogP contribution in [0.15, 0.2) is 59.1 Å². The molecule has 1 aliphatic carbocycles. The number of hydrogen-bond acceptors (Lipinski definition) is 4. The van der Waals surface area contributed by atoms with Gasteiger partial charge in [-0.25, -0.2) is 9.78 Å². The molecule has 1 heterocycles. The van der Waals surface area contributed by atoms with Gasteiger partial charge in [-0.2, -0.15) is 0 Å². The van der Waals surface area contributed by atoms with Crippen molar-refractivity contribution in [3.8, 4) is 11.3 Å². The molecule has 3 aromatic rings. The average Bonchev–Trinajstić information content (AvgIpc) is 3.29. The molecule has 0 radical (unpaired) electrons. The average molecular weight is 319 g/mol. The smallest absolute Gasteiger partial charge is 0.338 e. The van der Waals surface area contributed by atoms with Gasteiger partial charge in [-0.3, -0.25) is 0 Å². The molecule has 0 saturated carbocycles. The van der Waals surface area contributed by atoms with Crippen molar-refractivity contribution in [2.45, 2.75) is 25.9 Å². The summed E-state index contributed by atoms with van der Waals surface area (Å²) in [4.78, 5) is 16.4. The van der Waals surface area contributed by atoms with E-state index in [1.165, 1.54) is 11.1 Å². The van der Waals surface area contributed by atoms with Crippen LogP contribution in [0.4, 0.5) is 0 Å². The maximum absolute atomic E-state index is 12.2. The standard InChI is InChI=1S/C20H17NO3/c22-20(17-10-9-14-7-4-8-16(14)11-17)23-13-19-21-12-18(24-19)15-5-2-1-3-6-15/h1-3,5-6,9-12H,4,7-8,13H2. The lowest BCUT2D eigenvalue weighted by molar-refractivity contribution is 0.0439. The molecule has 0 unspecified atom stereocenters. The van der Waals surface area contributed by atoms with Crippen molar-refractivity contribution < 1.29 is 13.9 Å². The molecule has 2 aromatic carbocycles. The molecular formula is C20H17NO3. The van der Waals surface area contributed by atoms with Crippen molar-refractivity contribution in [3.63, 3.8) is 0 Å². The van der Waals surface area contributed by atoms with Crippen molar-refractivity contribution in [2.24, 2.45) is 0 Å². The second kappa shape index (κ2) is 6.32. The first-order valence-electron chi connectivity index (χ1n) is 8.09. The largest absolute Gasteiger partial charge is 0.452 e. The zero-order valence-electron chi connectivity index (χ0n) is 13.2. The topological polar surface area (TPSA) is 52.3 Å². The minimum Gasteiger partial charge on any atom is -0.452 e. The summed E-state index contributed by atoms with van der Waals surface area (Å²) in [5.74, 6) is 0.715. The number of benzene rings is 2. The minimum absolute atomic E-state index is 0.0305. The lowest BCUT2D eigenvalue weighted by atomic mass is 10.1. The fourth-order valence-electron chi connectivity index (χ4n) is 3.02. The van der Waals surface area contributed by atoms with E-state index in [2.05, 4.69) is 4.98 Å². The Bertz CT molecular complexity index is 868. The highest BCUT2D eigenvalue weighted by Gasteiger charge is 2.15.